The highest BCUT2D eigenvalue weighted by Gasteiger charge is 2.35. The number of Topliss-reactive ketones (excluding diaryl/α,β-unsaturated/α-hetero) is 1. The van der Waals surface area contributed by atoms with Gasteiger partial charge in [-0.2, -0.15) is 0 Å². The van der Waals surface area contributed by atoms with Crippen LogP contribution in [0.15, 0.2) is 54.6 Å². The van der Waals surface area contributed by atoms with E-state index in [1.54, 1.807) is 32.9 Å². The fourth-order valence-electron chi connectivity index (χ4n) is 6.78. The van der Waals surface area contributed by atoms with E-state index in [1.807, 2.05) is 30.3 Å². The summed E-state index contributed by atoms with van der Waals surface area (Å²) < 4.78 is 5.28. The van der Waals surface area contributed by atoms with Crippen molar-refractivity contribution >= 4 is 68.6 Å². The van der Waals surface area contributed by atoms with Crippen LogP contribution in [0.4, 0.5) is 4.79 Å². The second kappa shape index (κ2) is 23.4. The minimum atomic E-state index is -1.64. The predicted molar refractivity (Wildman–Crippen MR) is 236 cm³/mol. The van der Waals surface area contributed by atoms with Crippen molar-refractivity contribution in [2.24, 2.45) is 11.7 Å². The molecule has 1 fully saturated rings. The third-order valence-electron chi connectivity index (χ3n) is 10.1. The SMILES string of the molecule is C[C@@H](O)[C@@H]1NC(=O)[C@H](CCCCNC(=O)OC(C)(C)C)NC(=O)[C@@H](CC2=CCc3ccccc32)NC(=O)[C@H](Cc2ccc(O)cc2)CC(=O)[C@@H](N)CSSC[C@@H](C(=O)O)NC1=O. The van der Waals surface area contributed by atoms with Crippen LogP contribution in [0.5, 0.6) is 5.75 Å². The highest BCUT2D eigenvalue weighted by molar-refractivity contribution is 8.76. The number of unbranched alkanes of at least 4 members (excludes halogenated alkanes) is 1. The summed E-state index contributed by atoms with van der Waals surface area (Å²) in [5.41, 5.74) is 8.87. The zero-order valence-corrected chi connectivity index (χ0v) is 36.9. The maximum absolute atomic E-state index is 14.5. The minimum absolute atomic E-state index is 0.00523. The second-order valence-electron chi connectivity index (χ2n) is 16.4. The third-order valence-corrected chi connectivity index (χ3v) is 12.6. The number of carboxylic acid groups (broad SMARTS) is 1. The molecular formula is C43H58N6O11S2. The summed E-state index contributed by atoms with van der Waals surface area (Å²) in [7, 11) is 2.14. The van der Waals surface area contributed by atoms with Crippen LogP contribution < -0.4 is 32.3 Å². The van der Waals surface area contributed by atoms with Gasteiger partial charge in [-0.1, -0.05) is 64.1 Å². The standard InChI is InChI=1S/C43H58N6O11S2/c1-24(50)36-40(56)48-34(41(57)58)23-62-61-22-31(44)35(52)21-28(19-25-12-16-29(51)17-13-25)37(53)47-33(20-27-15-14-26-9-5-6-10-30(26)27)39(55)46-32(38(54)49-36)11-7-8-18-45-42(59)60-43(2,3)4/h5-6,9-10,12-13,15-17,24,28,31-34,36,50-51H,7-8,11,14,18-23,44H2,1-4H3,(H,45,59)(H,46,55)(H,47,53)(H,48,56)(H,49,54)(H,57,58)/t24-,28-,31+,32+,33-,34+,36+/m1/s1. The molecule has 1 aliphatic heterocycles. The Morgan fingerprint density at radius 3 is 2.21 bits per heavy atom. The normalized spacial score (nSPS) is 24.0. The number of hydrogen-bond acceptors (Lipinski definition) is 13. The van der Waals surface area contributed by atoms with Gasteiger partial charge in [-0.25, -0.2) is 9.59 Å². The number of aliphatic hydroxyl groups is 1. The number of phenolic OH excluding ortho intramolecular Hbond substituents is 1. The van der Waals surface area contributed by atoms with Gasteiger partial charge in [-0.15, -0.1) is 0 Å². The molecule has 5 amide bonds. The van der Waals surface area contributed by atoms with E-state index in [2.05, 4.69) is 26.6 Å². The van der Waals surface area contributed by atoms with Gasteiger partial charge in [0.2, 0.25) is 23.6 Å². The van der Waals surface area contributed by atoms with Gasteiger partial charge in [0.1, 0.15) is 35.5 Å². The molecule has 1 heterocycles. The number of benzene rings is 2. The molecule has 10 N–H and O–H groups in total. The number of aliphatic hydroxyl groups excluding tert-OH is 1. The highest BCUT2D eigenvalue weighted by Crippen LogP contribution is 2.31. The molecule has 62 heavy (non-hydrogen) atoms. The number of ether oxygens (including phenoxy) is 1. The number of carbonyl (C=O) groups is 7. The van der Waals surface area contributed by atoms with Crippen molar-refractivity contribution in [1.29, 1.82) is 0 Å². The number of aromatic hydroxyl groups is 1. The van der Waals surface area contributed by atoms with Crippen LogP contribution in [0.25, 0.3) is 5.57 Å². The number of nitrogens with one attached hydrogen (secondary N) is 5. The number of nitrogens with two attached hydrogens (primary N) is 1. The van der Waals surface area contributed by atoms with E-state index in [0.717, 1.165) is 38.3 Å². The number of rotatable bonds is 11. The molecule has 0 bridgehead atoms. The van der Waals surface area contributed by atoms with E-state index in [0.29, 0.717) is 18.4 Å². The first-order valence-electron chi connectivity index (χ1n) is 20.5. The number of aliphatic carboxylic acids is 1. The molecule has 0 saturated carbocycles. The third kappa shape index (κ3) is 15.7. The van der Waals surface area contributed by atoms with Crippen molar-refractivity contribution in [1.82, 2.24) is 26.6 Å². The van der Waals surface area contributed by atoms with Gasteiger partial charge >= 0.3 is 12.1 Å². The van der Waals surface area contributed by atoms with E-state index in [1.165, 1.54) is 19.1 Å². The van der Waals surface area contributed by atoms with Gasteiger partial charge in [-0.3, -0.25) is 24.0 Å². The average Bonchev–Trinajstić information content (AvgIpc) is 3.61. The van der Waals surface area contributed by atoms with Gasteiger partial charge in [0.25, 0.3) is 0 Å². The molecule has 2 aromatic carbocycles. The number of hydrogen-bond donors (Lipinski definition) is 9. The Kier molecular flexibility index (Phi) is 18.7. The molecule has 0 unspecified atom stereocenters. The first kappa shape index (κ1) is 49.5. The van der Waals surface area contributed by atoms with Crippen LogP contribution in [0, 0.1) is 5.92 Å². The van der Waals surface area contributed by atoms with Crippen LogP contribution in [0.3, 0.4) is 0 Å². The Balaban J connectivity index is 1.70. The van der Waals surface area contributed by atoms with Crippen molar-refractivity contribution in [2.45, 2.75) is 115 Å². The Bertz CT molecular complexity index is 1960. The molecule has 4 rings (SSSR count). The number of amides is 5. The molecule has 2 aliphatic rings. The zero-order valence-electron chi connectivity index (χ0n) is 35.3. The molecule has 17 nitrogen and oxygen atoms in total. The second-order valence-corrected chi connectivity index (χ2v) is 18.9. The minimum Gasteiger partial charge on any atom is -0.508 e. The number of carboxylic acids is 1. The number of fused-ring (bicyclic) bond motifs is 1. The molecule has 19 heteroatoms. The fraction of sp³-hybridized carbons (Fsp3) is 0.512. The number of allylic oxidation sites excluding steroid dienone is 1. The van der Waals surface area contributed by atoms with Crippen LogP contribution in [0.2, 0.25) is 0 Å². The van der Waals surface area contributed by atoms with Gasteiger partial charge in [0, 0.05) is 36.8 Å². The van der Waals surface area contributed by atoms with Gasteiger partial charge in [0.05, 0.1) is 12.1 Å². The van der Waals surface area contributed by atoms with Crippen LogP contribution in [-0.2, 0) is 46.3 Å². The first-order valence-corrected chi connectivity index (χ1v) is 23.0. The summed E-state index contributed by atoms with van der Waals surface area (Å²) in [6.07, 6.45) is 0.739. The summed E-state index contributed by atoms with van der Waals surface area (Å²) >= 11 is 0. The number of carbonyl (C=O) groups excluding carboxylic acids is 6. The van der Waals surface area contributed by atoms with Crippen molar-refractivity contribution in [3.8, 4) is 5.75 Å². The maximum atomic E-state index is 14.5. The molecule has 0 spiro atoms. The topological polar surface area (TPSA) is 276 Å². The Morgan fingerprint density at radius 1 is 0.871 bits per heavy atom. The summed E-state index contributed by atoms with van der Waals surface area (Å²) in [6.45, 7) is 6.57. The van der Waals surface area contributed by atoms with E-state index >= 15 is 0 Å². The van der Waals surface area contributed by atoms with Crippen molar-refractivity contribution in [3.05, 3.63) is 71.3 Å². The van der Waals surface area contributed by atoms with Crippen molar-refractivity contribution in [2.75, 3.05) is 18.1 Å². The number of phenols is 1. The molecule has 338 valence electrons. The van der Waals surface area contributed by atoms with E-state index in [4.69, 9.17) is 10.5 Å². The molecule has 1 aliphatic carbocycles. The summed E-state index contributed by atoms with van der Waals surface area (Å²) in [5.74, 6) is -6.23. The molecule has 7 atom stereocenters. The zero-order chi connectivity index (χ0) is 45.6. The van der Waals surface area contributed by atoms with Crippen molar-refractivity contribution < 1.29 is 53.6 Å². The lowest BCUT2D eigenvalue weighted by Crippen LogP contribution is -2.60. The Morgan fingerprint density at radius 2 is 1.53 bits per heavy atom. The molecule has 2 aromatic rings. The van der Waals surface area contributed by atoms with Crippen LogP contribution in [0.1, 0.15) is 76.5 Å². The van der Waals surface area contributed by atoms with Gasteiger partial charge < -0.3 is 52.4 Å². The van der Waals surface area contributed by atoms with E-state index < -0.39 is 89.3 Å². The predicted octanol–water partition coefficient (Wildman–Crippen LogP) is 2.36. The van der Waals surface area contributed by atoms with E-state index in [9.17, 15) is 48.9 Å². The lowest BCUT2D eigenvalue weighted by molar-refractivity contribution is -0.142. The quantitative estimate of drug-likeness (QED) is 0.116. The number of alkyl carbamates (subject to hydrolysis) is 1. The summed E-state index contributed by atoms with van der Waals surface area (Å²) in [5, 5.41) is 43.5. The van der Waals surface area contributed by atoms with Crippen LogP contribution in [-0.4, -0.2) is 117 Å². The van der Waals surface area contributed by atoms with Gasteiger partial charge in [-0.05, 0) is 94.2 Å². The Hall–Kier alpha value is -5.11. The highest BCUT2D eigenvalue weighted by atomic mass is 33.1. The van der Waals surface area contributed by atoms with Crippen LogP contribution >= 0.6 is 21.6 Å². The summed E-state index contributed by atoms with van der Waals surface area (Å²) in [6, 6.07) is 6.97. The first-order chi connectivity index (χ1) is 29.3. The largest absolute Gasteiger partial charge is 0.508 e. The molecule has 0 radical (unpaired) electrons. The smallest absolute Gasteiger partial charge is 0.407 e. The van der Waals surface area contributed by atoms with Gasteiger partial charge in [0.15, 0.2) is 5.78 Å². The molecule has 0 aromatic heterocycles. The summed E-state index contributed by atoms with van der Waals surface area (Å²) in [4.78, 5) is 94.4. The fourth-order valence-corrected chi connectivity index (χ4v) is 9.09. The Labute approximate surface area is 368 Å². The van der Waals surface area contributed by atoms with Crippen molar-refractivity contribution in [3.63, 3.8) is 0 Å². The monoisotopic (exact) mass is 898 g/mol. The lowest BCUT2D eigenvalue weighted by atomic mass is 9.91. The number of ketones is 1. The average molecular weight is 899 g/mol. The maximum Gasteiger partial charge on any atom is 0.407 e. The molecule has 1 saturated heterocycles. The lowest BCUT2D eigenvalue weighted by Gasteiger charge is -2.28. The van der Waals surface area contributed by atoms with E-state index in [-0.39, 0.29) is 55.9 Å². The molecular weight excluding hydrogens is 841 g/mol.